The molecule has 8 heteroatoms. The Morgan fingerprint density at radius 1 is 1.50 bits per heavy atom. The van der Waals surface area contributed by atoms with Gasteiger partial charge < -0.3 is 15.0 Å². The average molecular weight is 418 g/mol. The molecule has 0 fully saturated rings. The number of rotatable bonds is 8. The number of anilines is 1. The van der Waals surface area contributed by atoms with Crippen LogP contribution in [0.2, 0.25) is 0 Å². The van der Waals surface area contributed by atoms with Crippen molar-refractivity contribution in [3.05, 3.63) is 62.2 Å². The van der Waals surface area contributed by atoms with E-state index in [1.54, 1.807) is 6.92 Å². The van der Waals surface area contributed by atoms with E-state index >= 15 is 0 Å². The lowest BCUT2D eigenvalue weighted by Crippen LogP contribution is -2.30. The number of allylic oxidation sites excluding steroid dienone is 1. The summed E-state index contributed by atoms with van der Waals surface area (Å²) in [6.07, 6.45) is 3.65. The van der Waals surface area contributed by atoms with Gasteiger partial charge in [0.2, 0.25) is 0 Å². The van der Waals surface area contributed by atoms with E-state index < -0.39 is 11.9 Å². The third-order valence-electron chi connectivity index (χ3n) is 4.34. The number of aromatic amines is 1. The summed E-state index contributed by atoms with van der Waals surface area (Å²) in [5.41, 5.74) is 1.27. The minimum absolute atomic E-state index is 0.112. The fourth-order valence-electron chi connectivity index (χ4n) is 3.04. The second-order valence-electron chi connectivity index (χ2n) is 6.33. The highest BCUT2D eigenvalue weighted by atomic mass is 32.2. The van der Waals surface area contributed by atoms with Crippen LogP contribution in [0.4, 0.5) is 5.82 Å². The maximum atomic E-state index is 13.0. The first kappa shape index (κ1) is 20.4. The standard InChI is InChI=1S/C20H23N3O3S2/c1-4-6-10-28-20-22-17-16(18(24)23-20)15(13-8-7-11-27-13)14(12(3)21-17)19(25)26-9-5-2/h5,7-8,11,15H,2,4,6,9-10H2,1,3H3,(H2,21,22,23,24)/t15-/m1/s1. The lowest BCUT2D eigenvalue weighted by Gasteiger charge is -2.27. The van der Waals surface area contributed by atoms with Crippen LogP contribution >= 0.6 is 23.1 Å². The van der Waals surface area contributed by atoms with Gasteiger partial charge in [-0.05, 0) is 24.8 Å². The number of hydrogen-bond donors (Lipinski definition) is 2. The molecule has 3 heterocycles. The van der Waals surface area contributed by atoms with Crippen molar-refractivity contribution in [1.29, 1.82) is 0 Å². The third-order valence-corrected chi connectivity index (χ3v) is 6.23. The van der Waals surface area contributed by atoms with Crippen LogP contribution in [0.3, 0.4) is 0 Å². The number of ether oxygens (including phenoxy) is 1. The minimum atomic E-state index is -0.514. The molecule has 3 rings (SSSR count). The molecule has 0 aromatic carbocycles. The molecule has 0 radical (unpaired) electrons. The van der Waals surface area contributed by atoms with Gasteiger partial charge in [0.15, 0.2) is 5.16 Å². The first-order chi connectivity index (χ1) is 13.6. The summed E-state index contributed by atoms with van der Waals surface area (Å²) in [4.78, 5) is 34.1. The van der Waals surface area contributed by atoms with Crippen LogP contribution in [0.5, 0.6) is 0 Å². The highest BCUT2D eigenvalue weighted by Gasteiger charge is 2.36. The number of fused-ring (bicyclic) bond motifs is 1. The van der Waals surface area contributed by atoms with Gasteiger partial charge >= 0.3 is 5.97 Å². The van der Waals surface area contributed by atoms with Crippen molar-refractivity contribution in [3.8, 4) is 0 Å². The number of unbranched alkanes of at least 4 members (excludes halogenated alkanes) is 1. The van der Waals surface area contributed by atoms with E-state index in [1.807, 2.05) is 17.5 Å². The van der Waals surface area contributed by atoms with Gasteiger partial charge in [-0.2, -0.15) is 0 Å². The van der Waals surface area contributed by atoms with Gasteiger partial charge in [-0.3, -0.25) is 4.79 Å². The molecule has 2 N–H and O–H groups in total. The zero-order valence-corrected chi connectivity index (χ0v) is 17.5. The molecule has 1 aliphatic heterocycles. The van der Waals surface area contributed by atoms with E-state index in [0.29, 0.717) is 27.8 Å². The number of hydrogen-bond acceptors (Lipinski definition) is 7. The number of nitrogens with one attached hydrogen (secondary N) is 2. The van der Waals surface area contributed by atoms with Gasteiger partial charge in [-0.25, -0.2) is 9.78 Å². The van der Waals surface area contributed by atoms with Gasteiger partial charge in [0.1, 0.15) is 12.4 Å². The van der Waals surface area contributed by atoms with Crippen molar-refractivity contribution >= 4 is 34.9 Å². The number of nitrogens with zero attached hydrogens (tertiary/aromatic N) is 1. The fraction of sp³-hybridized carbons (Fsp3) is 0.350. The topological polar surface area (TPSA) is 84.1 Å². The largest absolute Gasteiger partial charge is 0.458 e. The molecule has 148 valence electrons. The monoisotopic (exact) mass is 417 g/mol. The van der Waals surface area contributed by atoms with Crippen LogP contribution < -0.4 is 10.9 Å². The Balaban J connectivity index is 2.06. The number of H-pyrrole nitrogens is 1. The Labute approximate surface area is 172 Å². The SMILES string of the molecule is C=CCOC(=O)C1=C(C)Nc2nc(SCCCC)[nH]c(=O)c2[C@@H]1c1cccs1. The molecule has 28 heavy (non-hydrogen) atoms. The van der Waals surface area contributed by atoms with Crippen LogP contribution in [0, 0.1) is 0 Å². The molecule has 2 aromatic rings. The molecule has 0 saturated heterocycles. The molecule has 0 aliphatic carbocycles. The van der Waals surface area contributed by atoms with Crippen molar-refractivity contribution < 1.29 is 9.53 Å². The van der Waals surface area contributed by atoms with Crippen LogP contribution in [0.1, 0.15) is 43.0 Å². The third kappa shape index (κ3) is 4.23. The molecular formula is C20H23N3O3S2. The lowest BCUT2D eigenvalue weighted by atomic mass is 9.86. The number of carbonyl (C=O) groups excluding carboxylic acids is 1. The van der Waals surface area contributed by atoms with Gasteiger partial charge in [0, 0.05) is 16.3 Å². The Morgan fingerprint density at radius 2 is 2.32 bits per heavy atom. The highest BCUT2D eigenvalue weighted by Crippen LogP contribution is 2.41. The molecule has 2 aromatic heterocycles. The summed E-state index contributed by atoms with van der Waals surface area (Å²) in [7, 11) is 0. The van der Waals surface area contributed by atoms with Crippen molar-refractivity contribution in [3.63, 3.8) is 0 Å². The van der Waals surface area contributed by atoms with E-state index in [1.165, 1.54) is 29.2 Å². The number of carbonyl (C=O) groups is 1. The number of aromatic nitrogens is 2. The van der Waals surface area contributed by atoms with E-state index in [4.69, 9.17) is 4.74 Å². The van der Waals surface area contributed by atoms with Crippen LogP contribution in [0.15, 0.2) is 51.4 Å². The minimum Gasteiger partial charge on any atom is -0.458 e. The van der Waals surface area contributed by atoms with Gasteiger partial charge in [-0.15, -0.1) is 11.3 Å². The maximum Gasteiger partial charge on any atom is 0.337 e. The number of esters is 1. The quantitative estimate of drug-likeness (QED) is 0.219. The second kappa shape index (κ2) is 9.25. The zero-order valence-electron chi connectivity index (χ0n) is 15.9. The molecule has 0 saturated carbocycles. The molecule has 0 amide bonds. The number of thiophene rings is 1. The van der Waals surface area contributed by atoms with Gasteiger partial charge in [-0.1, -0.05) is 43.8 Å². The fourth-order valence-corrected chi connectivity index (χ4v) is 4.83. The van der Waals surface area contributed by atoms with Crippen molar-refractivity contribution in [2.45, 2.75) is 37.8 Å². The van der Waals surface area contributed by atoms with Crippen LogP contribution in [-0.2, 0) is 9.53 Å². The summed E-state index contributed by atoms with van der Waals surface area (Å²) in [6, 6.07) is 3.82. The average Bonchev–Trinajstić information content (AvgIpc) is 3.19. The molecule has 1 atom stereocenters. The predicted molar refractivity (Wildman–Crippen MR) is 114 cm³/mol. The molecular weight excluding hydrogens is 394 g/mol. The Kier molecular flexibility index (Phi) is 6.74. The molecule has 1 aliphatic rings. The first-order valence-corrected chi connectivity index (χ1v) is 11.0. The molecule has 0 unspecified atom stereocenters. The van der Waals surface area contributed by atoms with Crippen molar-refractivity contribution in [1.82, 2.24) is 9.97 Å². The van der Waals surface area contributed by atoms with E-state index in [2.05, 4.69) is 28.8 Å². The summed E-state index contributed by atoms with van der Waals surface area (Å²) >= 11 is 3.02. The Morgan fingerprint density at radius 3 is 3.00 bits per heavy atom. The molecule has 6 nitrogen and oxygen atoms in total. The molecule has 0 spiro atoms. The first-order valence-electron chi connectivity index (χ1n) is 9.13. The van der Waals surface area contributed by atoms with Gasteiger partial charge in [0.25, 0.3) is 5.56 Å². The summed E-state index contributed by atoms with van der Waals surface area (Å²) in [5, 5.41) is 5.65. The van der Waals surface area contributed by atoms with Crippen LogP contribution in [-0.4, -0.2) is 28.3 Å². The van der Waals surface area contributed by atoms with Crippen LogP contribution in [0.25, 0.3) is 0 Å². The van der Waals surface area contributed by atoms with Crippen molar-refractivity contribution in [2.75, 3.05) is 17.7 Å². The second-order valence-corrected chi connectivity index (χ2v) is 8.40. The highest BCUT2D eigenvalue weighted by molar-refractivity contribution is 7.99. The normalized spacial score (nSPS) is 15.7. The predicted octanol–water partition coefficient (Wildman–Crippen LogP) is 4.28. The number of thioether (sulfide) groups is 1. The van der Waals surface area contributed by atoms with E-state index in [9.17, 15) is 9.59 Å². The summed E-state index contributed by atoms with van der Waals surface area (Å²) in [5.74, 6) is 0.411. The Hall–Kier alpha value is -2.32. The lowest BCUT2D eigenvalue weighted by molar-refractivity contribution is -0.138. The smallest absolute Gasteiger partial charge is 0.337 e. The molecule has 0 bridgehead atoms. The zero-order chi connectivity index (χ0) is 20.1. The maximum absolute atomic E-state index is 13.0. The summed E-state index contributed by atoms with van der Waals surface area (Å²) < 4.78 is 5.29. The Bertz CT molecular complexity index is 948. The summed E-state index contributed by atoms with van der Waals surface area (Å²) in [6.45, 7) is 7.62. The van der Waals surface area contributed by atoms with E-state index in [-0.39, 0.29) is 12.2 Å². The van der Waals surface area contributed by atoms with Gasteiger partial charge in [0.05, 0.1) is 17.1 Å². The van der Waals surface area contributed by atoms with Crippen molar-refractivity contribution in [2.24, 2.45) is 0 Å². The van der Waals surface area contributed by atoms with E-state index in [0.717, 1.165) is 23.5 Å².